The first kappa shape index (κ1) is 14.4. The molecular formula is C14H21N3O3. The van der Waals surface area contributed by atoms with Gasteiger partial charge in [0.05, 0.1) is 11.8 Å². The van der Waals surface area contributed by atoms with E-state index < -0.39 is 5.54 Å². The molecule has 1 aromatic heterocycles. The molecule has 1 aliphatic rings. The predicted molar refractivity (Wildman–Crippen MR) is 74.6 cm³/mol. The fourth-order valence-corrected chi connectivity index (χ4v) is 2.80. The first-order valence-electron chi connectivity index (χ1n) is 6.94. The molecule has 6 nitrogen and oxygen atoms in total. The molecule has 1 aromatic rings. The van der Waals surface area contributed by atoms with E-state index in [0.717, 1.165) is 19.3 Å². The van der Waals surface area contributed by atoms with Crippen molar-refractivity contribution in [2.75, 3.05) is 0 Å². The number of oxime groups is 1. The first-order valence-corrected chi connectivity index (χ1v) is 6.94. The number of carbonyl (C=O) groups is 1. The molecule has 110 valence electrons. The minimum Gasteiger partial charge on any atom is -0.472 e. The van der Waals surface area contributed by atoms with Gasteiger partial charge in [0.2, 0.25) is 0 Å². The highest BCUT2D eigenvalue weighted by Gasteiger charge is 2.40. The van der Waals surface area contributed by atoms with Gasteiger partial charge in [-0.3, -0.25) is 4.79 Å². The summed E-state index contributed by atoms with van der Waals surface area (Å²) in [7, 11) is 0. The Morgan fingerprint density at radius 1 is 1.60 bits per heavy atom. The molecule has 0 spiro atoms. The average molecular weight is 279 g/mol. The molecule has 4 N–H and O–H groups in total. The average Bonchev–Trinajstić information content (AvgIpc) is 3.01. The maximum Gasteiger partial charge on any atom is 0.255 e. The van der Waals surface area contributed by atoms with Crippen LogP contribution in [-0.2, 0) is 0 Å². The van der Waals surface area contributed by atoms with Crippen molar-refractivity contribution >= 4 is 11.7 Å². The van der Waals surface area contributed by atoms with E-state index in [0.29, 0.717) is 24.3 Å². The summed E-state index contributed by atoms with van der Waals surface area (Å²) in [6.07, 6.45) is 7.22. The van der Waals surface area contributed by atoms with Gasteiger partial charge in [-0.15, -0.1) is 0 Å². The molecule has 0 aromatic carbocycles. The van der Waals surface area contributed by atoms with E-state index in [4.69, 9.17) is 15.4 Å². The van der Waals surface area contributed by atoms with Crippen molar-refractivity contribution in [2.24, 2.45) is 16.8 Å². The number of nitrogens with one attached hydrogen (secondary N) is 1. The van der Waals surface area contributed by atoms with Gasteiger partial charge < -0.3 is 20.7 Å². The molecule has 1 aliphatic carbocycles. The van der Waals surface area contributed by atoms with Gasteiger partial charge in [0.1, 0.15) is 11.8 Å². The second-order valence-electron chi connectivity index (χ2n) is 5.39. The number of amidine groups is 1. The van der Waals surface area contributed by atoms with E-state index in [2.05, 4.69) is 17.4 Å². The fraction of sp³-hybridized carbons (Fsp3) is 0.571. The third kappa shape index (κ3) is 2.79. The molecule has 20 heavy (non-hydrogen) atoms. The van der Waals surface area contributed by atoms with Gasteiger partial charge in [0, 0.05) is 0 Å². The SMILES string of the molecule is CCC1CCC(NC(=O)c2ccoc2)(/C(N)=N/O)CC1. The number of furan rings is 1. The summed E-state index contributed by atoms with van der Waals surface area (Å²) >= 11 is 0. The highest BCUT2D eigenvalue weighted by molar-refractivity contribution is 6.00. The molecule has 6 heteroatoms. The molecule has 0 radical (unpaired) electrons. The van der Waals surface area contributed by atoms with Crippen molar-refractivity contribution in [3.05, 3.63) is 24.2 Å². The zero-order valence-electron chi connectivity index (χ0n) is 11.6. The smallest absolute Gasteiger partial charge is 0.255 e. The zero-order chi connectivity index (χ0) is 14.6. The van der Waals surface area contributed by atoms with Crippen LogP contribution >= 0.6 is 0 Å². The number of nitrogens with two attached hydrogens (primary N) is 1. The Labute approximate surface area is 118 Å². The van der Waals surface area contributed by atoms with E-state index in [1.807, 2.05) is 0 Å². The predicted octanol–water partition coefficient (Wildman–Crippen LogP) is 2.09. The Morgan fingerprint density at radius 3 is 2.80 bits per heavy atom. The van der Waals surface area contributed by atoms with E-state index in [1.54, 1.807) is 6.07 Å². The van der Waals surface area contributed by atoms with Crippen molar-refractivity contribution in [3.8, 4) is 0 Å². The number of nitrogens with zero attached hydrogens (tertiary/aromatic N) is 1. The van der Waals surface area contributed by atoms with Crippen LogP contribution in [-0.4, -0.2) is 22.5 Å². The quantitative estimate of drug-likeness (QED) is 0.340. The van der Waals surface area contributed by atoms with Crippen LogP contribution in [0.15, 0.2) is 28.2 Å². The zero-order valence-corrected chi connectivity index (χ0v) is 11.6. The van der Waals surface area contributed by atoms with Gasteiger partial charge in [-0.2, -0.15) is 0 Å². The summed E-state index contributed by atoms with van der Waals surface area (Å²) in [6, 6.07) is 1.59. The molecule has 0 bridgehead atoms. The standard InChI is InChI=1S/C14H21N3O3/c1-2-10-3-6-14(7-4-10,13(15)17-19)16-12(18)11-5-8-20-9-11/h5,8-10,19H,2-4,6-7H2,1H3,(H2,15,17)(H,16,18). The molecule has 1 amide bonds. The molecule has 2 rings (SSSR count). The highest BCUT2D eigenvalue weighted by atomic mass is 16.4. The van der Waals surface area contributed by atoms with Gasteiger partial charge in [0.15, 0.2) is 5.84 Å². The lowest BCUT2D eigenvalue weighted by atomic mass is 9.74. The number of hydrogen-bond acceptors (Lipinski definition) is 4. The van der Waals surface area contributed by atoms with E-state index >= 15 is 0 Å². The second kappa shape index (κ2) is 5.98. The van der Waals surface area contributed by atoms with Crippen molar-refractivity contribution in [3.63, 3.8) is 0 Å². The van der Waals surface area contributed by atoms with Crippen LogP contribution < -0.4 is 11.1 Å². The Bertz CT molecular complexity index is 474. The van der Waals surface area contributed by atoms with Crippen molar-refractivity contribution in [1.82, 2.24) is 5.32 Å². The van der Waals surface area contributed by atoms with Crippen LogP contribution in [0.25, 0.3) is 0 Å². The maximum atomic E-state index is 12.2. The molecule has 1 fully saturated rings. The third-order valence-electron chi connectivity index (χ3n) is 4.27. The van der Waals surface area contributed by atoms with Crippen LogP contribution in [0.1, 0.15) is 49.4 Å². The molecule has 0 atom stereocenters. The number of hydrogen-bond donors (Lipinski definition) is 3. The fourth-order valence-electron chi connectivity index (χ4n) is 2.80. The maximum absolute atomic E-state index is 12.2. The normalized spacial score (nSPS) is 27.2. The van der Waals surface area contributed by atoms with Gasteiger partial charge in [-0.1, -0.05) is 18.5 Å². The van der Waals surface area contributed by atoms with Gasteiger partial charge >= 0.3 is 0 Å². The number of amides is 1. The lowest BCUT2D eigenvalue weighted by Crippen LogP contribution is -2.59. The Balaban J connectivity index is 2.15. The summed E-state index contributed by atoms with van der Waals surface area (Å²) in [5.74, 6) is 0.449. The third-order valence-corrected chi connectivity index (χ3v) is 4.27. The minimum atomic E-state index is -0.755. The van der Waals surface area contributed by atoms with Crippen molar-refractivity contribution in [1.29, 1.82) is 0 Å². The molecule has 0 unspecified atom stereocenters. The monoisotopic (exact) mass is 279 g/mol. The first-order chi connectivity index (χ1) is 9.61. The minimum absolute atomic E-state index is 0.0731. The van der Waals surface area contributed by atoms with Gasteiger partial charge in [-0.25, -0.2) is 0 Å². The summed E-state index contributed by atoms with van der Waals surface area (Å²) in [5, 5.41) is 15.1. The largest absolute Gasteiger partial charge is 0.472 e. The Kier molecular flexibility index (Phi) is 4.32. The lowest BCUT2D eigenvalue weighted by Gasteiger charge is -2.39. The van der Waals surface area contributed by atoms with Crippen LogP contribution in [0.5, 0.6) is 0 Å². The number of carbonyl (C=O) groups excluding carboxylic acids is 1. The van der Waals surface area contributed by atoms with E-state index in [9.17, 15) is 4.79 Å². The molecule has 1 heterocycles. The van der Waals surface area contributed by atoms with Gasteiger partial charge in [0.25, 0.3) is 5.91 Å². The molecule has 1 saturated carbocycles. The highest BCUT2D eigenvalue weighted by Crippen LogP contribution is 2.34. The Hall–Kier alpha value is -1.98. The lowest BCUT2D eigenvalue weighted by molar-refractivity contribution is 0.0894. The number of rotatable bonds is 4. The summed E-state index contributed by atoms with van der Waals surface area (Å²) in [4.78, 5) is 12.2. The van der Waals surface area contributed by atoms with Crippen LogP contribution in [0.4, 0.5) is 0 Å². The summed E-state index contributed by atoms with van der Waals surface area (Å²) in [6.45, 7) is 2.16. The van der Waals surface area contributed by atoms with E-state index in [1.165, 1.54) is 12.5 Å². The van der Waals surface area contributed by atoms with Crippen LogP contribution in [0, 0.1) is 5.92 Å². The van der Waals surface area contributed by atoms with Crippen LogP contribution in [0.3, 0.4) is 0 Å². The second-order valence-corrected chi connectivity index (χ2v) is 5.39. The summed E-state index contributed by atoms with van der Waals surface area (Å²) < 4.78 is 4.91. The topological polar surface area (TPSA) is 101 Å². The van der Waals surface area contributed by atoms with Crippen molar-refractivity contribution < 1.29 is 14.4 Å². The van der Waals surface area contributed by atoms with Crippen molar-refractivity contribution in [2.45, 2.75) is 44.6 Å². The molecule has 0 aliphatic heterocycles. The summed E-state index contributed by atoms with van der Waals surface area (Å²) in [5.41, 5.74) is 5.52. The van der Waals surface area contributed by atoms with E-state index in [-0.39, 0.29) is 11.7 Å². The van der Waals surface area contributed by atoms with Crippen LogP contribution in [0.2, 0.25) is 0 Å². The van der Waals surface area contributed by atoms with Gasteiger partial charge in [-0.05, 0) is 37.7 Å². The Morgan fingerprint density at radius 2 is 2.30 bits per heavy atom. The molecule has 0 saturated heterocycles. The molecular weight excluding hydrogens is 258 g/mol.